The number of allylic oxidation sites excluding steroid dienone is 4. The standard InChI is InChI=1S/C35H21F5/c36-26-11-1-6-21(16-26)31-32(22-7-2-12-27(37)17-22)34(24-9-4-14-29(39)19-24)35(25-10-5-15-30(40)20-25)33(31)23-8-3-13-28(38)18-23/h1-20,31H. The van der Waals surface area contributed by atoms with Crippen molar-refractivity contribution in [2.45, 2.75) is 5.92 Å². The van der Waals surface area contributed by atoms with Crippen LogP contribution >= 0.6 is 0 Å². The highest BCUT2D eigenvalue weighted by Gasteiger charge is 2.38. The maximum Gasteiger partial charge on any atom is 0.123 e. The first-order valence-electron chi connectivity index (χ1n) is 12.7. The predicted molar refractivity (Wildman–Crippen MR) is 148 cm³/mol. The number of halogens is 5. The maximum atomic E-state index is 14.7. The fourth-order valence-corrected chi connectivity index (χ4v) is 5.54. The Morgan fingerprint density at radius 2 is 0.675 bits per heavy atom. The van der Waals surface area contributed by atoms with E-state index in [9.17, 15) is 22.0 Å². The molecule has 0 fully saturated rings. The van der Waals surface area contributed by atoms with Crippen molar-refractivity contribution in [3.05, 3.63) is 178 Å². The van der Waals surface area contributed by atoms with Gasteiger partial charge in [-0.2, -0.15) is 0 Å². The zero-order chi connectivity index (χ0) is 27.8. The summed E-state index contributed by atoms with van der Waals surface area (Å²) in [6.07, 6.45) is 0. The molecule has 1 aliphatic carbocycles. The SMILES string of the molecule is Fc1cccc(C2=C(c3cccc(F)c3)C(c3cccc(F)c3)C(c3cccc(F)c3)=C2c2cccc(F)c2)c1. The molecule has 0 N–H and O–H groups in total. The fraction of sp³-hybridized carbons (Fsp3) is 0.0286. The van der Waals surface area contributed by atoms with E-state index in [1.165, 1.54) is 60.7 Å². The lowest BCUT2D eigenvalue weighted by atomic mass is 9.81. The van der Waals surface area contributed by atoms with Gasteiger partial charge in [0.25, 0.3) is 0 Å². The summed E-state index contributed by atoms with van der Waals surface area (Å²) >= 11 is 0. The monoisotopic (exact) mass is 536 g/mol. The molecular formula is C35H21F5. The highest BCUT2D eigenvalue weighted by molar-refractivity contribution is 6.29. The van der Waals surface area contributed by atoms with Crippen LogP contribution in [0.5, 0.6) is 0 Å². The quantitative estimate of drug-likeness (QED) is 0.196. The lowest BCUT2D eigenvalue weighted by Gasteiger charge is -2.22. The number of rotatable bonds is 5. The smallest absolute Gasteiger partial charge is 0.123 e. The van der Waals surface area contributed by atoms with Gasteiger partial charge in [0, 0.05) is 5.92 Å². The second kappa shape index (κ2) is 10.4. The number of hydrogen-bond donors (Lipinski definition) is 0. The van der Waals surface area contributed by atoms with Crippen LogP contribution in [0.25, 0.3) is 22.3 Å². The van der Waals surface area contributed by atoms with Gasteiger partial charge in [0.15, 0.2) is 0 Å². The van der Waals surface area contributed by atoms with Crippen LogP contribution in [0.2, 0.25) is 0 Å². The molecule has 1 aliphatic rings. The lowest BCUT2D eigenvalue weighted by molar-refractivity contribution is 0.624. The van der Waals surface area contributed by atoms with Crippen molar-refractivity contribution >= 4 is 22.3 Å². The van der Waals surface area contributed by atoms with Gasteiger partial charge in [0.05, 0.1) is 0 Å². The Kier molecular flexibility index (Phi) is 6.64. The summed E-state index contributed by atoms with van der Waals surface area (Å²) in [5.74, 6) is -3.19. The van der Waals surface area contributed by atoms with Crippen LogP contribution < -0.4 is 0 Å². The molecule has 0 heterocycles. The Morgan fingerprint density at radius 1 is 0.350 bits per heavy atom. The average Bonchev–Trinajstić information content (AvgIpc) is 3.29. The van der Waals surface area contributed by atoms with Crippen molar-refractivity contribution < 1.29 is 22.0 Å². The van der Waals surface area contributed by atoms with Crippen LogP contribution in [0.1, 0.15) is 33.7 Å². The molecule has 196 valence electrons. The molecule has 40 heavy (non-hydrogen) atoms. The van der Waals surface area contributed by atoms with Crippen LogP contribution in [0.15, 0.2) is 121 Å². The summed E-state index contributed by atoms with van der Waals surface area (Å²) in [6.45, 7) is 0. The van der Waals surface area contributed by atoms with Crippen molar-refractivity contribution in [3.63, 3.8) is 0 Å². The van der Waals surface area contributed by atoms with E-state index in [-0.39, 0.29) is 0 Å². The van der Waals surface area contributed by atoms with E-state index in [1.807, 2.05) is 0 Å². The molecular weight excluding hydrogens is 515 g/mol. The molecule has 0 nitrogen and oxygen atoms in total. The topological polar surface area (TPSA) is 0 Å². The molecule has 5 aromatic carbocycles. The van der Waals surface area contributed by atoms with E-state index in [1.54, 1.807) is 60.7 Å². The van der Waals surface area contributed by atoms with E-state index >= 15 is 0 Å². The molecule has 0 radical (unpaired) electrons. The second-order valence-corrected chi connectivity index (χ2v) is 9.61. The molecule has 0 amide bonds. The minimum Gasteiger partial charge on any atom is -0.207 e. The lowest BCUT2D eigenvalue weighted by Crippen LogP contribution is -2.04. The normalized spacial score (nSPS) is 13.8. The van der Waals surface area contributed by atoms with E-state index in [4.69, 9.17) is 0 Å². The first-order valence-corrected chi connectivity index (χ1v) is 12.7. The van der Waals surface area contributed by atoms with E-state index in [0.717, 1.165) is 0 Å². The van der Waals surface area contributed by atoms with Crippen molar-refractivity contribution in [1.29, 1.82) is 0 Å². The second-order valence-electron chi connectivity index (χ2n) is 9.61. The summed E-state index contributed by atoms with van der Waals surface area (Å²) in [7, 11) is 0. The van der Waals surface area contributed by atoms with Crippen LogP contribution in [-0.2, 0) is 0 Å². The van der Waals surface area contributed by atoms with Crippen LogP contribution in [0, 0.1) is 29.1 Å². The van der Waals surface area contributed by atoms with Gasteiger partial charge in [0.1, 0.15) is 29.1 Å². The minimum absolute atomic E-state index is 0.464. The Hall–Kier alpha value is -4.77. The maximum absolute atomic E-state index is 14.7. The number of hydrogen-bond acceptors (Lipinski definition) is 0. The highest BCUT2D eigenvalue weighted by Crippen LogP contribution is 2.58. The molecule has 0 unspecified atom stereocenters. The Labute approximate surface area is 228 Å². The van der Waals surface area contributed by atoms with Gasteiger partial charge in [-0.25, -0.2) is 22.0 Å². The Balaban J connectivity index is 1.82. The Morgan fingerprint density at radius 3 is 1.05 bits per heavy atom. The Bertz CT molecular complexity index is 1700. The van der Waals surface area contributed by atoms with Gasteiger partial charge in [-0.05, 0) is 111 Å². The zero-order valence-electron chi connectivity index (χ0n) is 21.0. The third kappa shape index (κ3) is 4.75. The first kappa shape index (κ1) is 25.5. The van der Waals surface area contributed by atoms with Crippen LogP contribution in [-0.4, -0.2) is 0 Å². The van der Waals surface area contributed by atoms with Crippen molar-refractivity contribution in [1.82, 2.24) is 0 Å². The molecule has 0 atom stereocenters. The summed E-state index contributed by atoms with van der Waals surface area (Å²) in [4.78, 5) is 0. The molecule has 6 rings (SSSR count). The van der Waals surface area contributed by atoms with E-state index in [2.05, 4.69) is 0 Å². The summed E-state index contributed by atoms with van der Waals surface area (Å²) in [5.41, 5.74) is 4.58. The van der Waals surface area contributed by atoms with Crippen LogP contribution in [0.4, 0.5) is 22.0 Å². The van der Waals surface area contributed by atoms with Crippen molar-refractivity contribution in [2.24, 2.45) is 0 Å². The summed E-state index contributed by atoms with van der Waals surface area (Å²) < 4.78 is 73.5. The van der Waals surface area contributed by atoms with Gasteiger partial charge >= 0.3 is 0 Å². The molecule has 0 bridgehead atoms. The highest BCUT2D eigenvalue weighted by atomic mass is 19.1. The predicted octanol–water partition coefficient (Wildman–Crippen LogP) is 9.70. The van der Waals surface area contributed by atoms with Gasteiger partial charge in [0.2, 0.25) is 0 Å². The summed E-state index contributed by atoms with van der Waals surface area (Å²) in [6, 6.07) is 29.8. The fourth-order valence-electron chi connectivity index (χ4n) is 5.54. The van der Waals surface area contributed by atoms with Crippen LogP contribution in [0.3, 0.4) is 0 Å². The third-order valence-electron chi connectivity index (χ3n) is 7.05. The summed E-state index contributed by atoms with van der Waals surface area (Å²) in [5, 5.41) is 0. The molecule has 0 saturated heterocycles. The minimum atomic E-state index is -0.726. The first-order chi connectivity index (χ1) is 19.4. The zero-order valence-corrected chi connectivity index (χ0v) is 21.0. The molecule has 0 saturated carbocycles. The van der Waals surface area contributed by atoms with Gasteiger partial charge in [-0.1, -0.05) is 60.7 Å². The molecule has 5 aromatic rings. The molecule has 0 aliphatic heterocycles. The van der Waals surface area contributed by atoms with Gasteiger partial charge in [-0.3, -0.25) is 0 Å². The van der Waals surface area contributed by atoms with Gasteiger partial charge in [-0.15, -0.1) is 0 Å². The molecule has 0 aromatic heterocycles. The number of benzene rings is 5. The van der Waals surface area contributed by atoms with Gasteiger partial charge < -0.3 is 0 Å². The largest absolute Gasteiger partial charge is 0.207 e. The van der Waals surface area contributed by atoms with Crippen molar-refractivity contribution in [3.8, 4) is 0 Å². The molecule has 5 heteroatoms. The van der Waals surface area contributed by atoms with E-state index < -0.39 is 35.0 Å². The van der Waals surface area contributed by atoms with Crippen molar-refractivity contribution in [2.75, 3.05) is 0 Å². The molecule has 0 spiro atoms. The average molecular weight is 537 g/mol. The third-order valence-corrected chi connectivity index (χ3v) is 7.05. The van der Waals surface area contributed by atoms with E-state index in [0.29, 0.717) is 50.1 Å².